The van der Waals surface area contributed by atoms with E-state index in [-0.39, 0.29) is 15.6 Å². The first-order valence-corrected chi connectivity index (χ1v) is 8.66. The van der Waals surface area contributed by atoms with Gasteiger partial charge in [-0.05, 0) is 19.1 Å². The van der Waals surface area contributed by atoms with Crippen molar-refractivity contribution in [2.24, 2.45) is 7.05 Å². The molecule has 2 aromatic rings. The second kappa shape index (κ2) is 6.88. The second-order valence-electron chi connectivity index (χ2n) is 5.17. The summed E-state index contributed by atoms with van der Waals surface area (Å²) in [7, 11) is -2.74. The maximum atomic E-state index is 13.8. The van der Waals surface area contributed by atoms with Gasteiger partial charge in [-0.25, -0.2) is 12.8 Å². The van der Waals surface area contributed by atoms with E-state index in [1.165, 1.54) is 32.3 Å². The smallest absolute Gasteiger partial charge is 0.322 e. The molecule has 1 aromatic carbocycles. The number of carboxylic acids is 1. The number of nitrogens with one attached hydrogen (secondary N) is 1. The first kappa shape index (κ1) is 18.4. The Morgan fingerprint density at radius 2 is 2.17 bits per heavy atom. The summed E-state index contributed by atoms with van der Waals surface area (Å²) in [6.45, 7) is 1.53. The van der Waals surface area contributed by atoms with E-state index in [4.69, 9.17) is 11.6 Å². The van der Waals surface area contributed by atoms with Gasteiger partial charge >= 0.3 is 5.97 Å². The predicted molar refractivity (Wildman–Crippen MR) is 84.8 cm³/mol. The minimum absolute atomic E-state index is 0.0251. The lowest BCUT2D eigenvalue weighted by Gasteiger charge is -2.16. The van der Waals surface area contributed by atoms with Crippen molar-refractivity contribution >= 4 is 27.6 Å². The summed E-state index contributed by atoms with van der Waals surface area (Å²) in [5.74, 6) is -2.15. The highest BCUT2D eigenvalue weighted by atomic mass is 35.5. The molecule has 2 rings (SSSR count). The molecule has 2 N–H and O–H groups in total. The zero-order valence-corrected chi connectivity index (χ0v) is 14.4. The van der Waals surface area contributed by atoms with E-state index in [0.717, 1.165) is 10.7 Å². The molecule has 0 saturated heterocycles. The van der Waals surface area contributed by atoms with Crippen LogP contribution in [0.3, 0.4) is 0 Å². The fourth-order valence-electron chi connectivity index (χ4n) is 2.28. The lowest BCUT2D eigenvalue weighted by molar-refractivity contribution is -0.138. The van der Waals surface area contributed by atoms with Crippen molar-refractivity contribution in [2.75, 3.05) is 0 Å². The molecule has 0 aliphatic heterocycles. The summed E-state index contributed by atoms with van der Waals surface area (Å²) in [5.41, 5.74) is 0.286. The number of benzene rings is 1. The summed E-state index contributed by atoms with van der Waals surface area (Å²) in [6.07, 6.45) is 0.912. The Morgan fingerprint density at radius 3 is 2.67 bits per heavy atom. The number of sulfonamides is 1. The van der Waals surface area contributed by atoms with Crippen LogP contribution >= 0.6 is 11.6 Å². The number of hydrogen-bond acceptors (Lipinski definition) is 4. The van der Waals surface area contributed by atoms with E-state index in [2.05, 4.69) is 9.82 Å². The molecule has 0 aliphatic carbocycles. The van der Waals surface area contributed by atoms with Gasteiger partial charge in [-0.15, -0.1) is 0 Å². The van der Waals surface area contributed by atoms with Crippen molar-refractivity contribution in [2.45, 2.75) is 24.4 Å². The summed E-state index contributed by atoms with van der Waals surface area (Å²) >= 11 is 5.88. The second-order valence-corrected chi connectivity index (χ2v) is 7.21. The van der Waals surface area contributed by atoms with E-state index >= 15 is 0 Å². The van der Waals surface area contributed by atoms with Gasteiger partial charge in [-0.2, -0.15) is 9.82 Å². The Hall–Kier alpha value is -1.97. The minimum atomic E-state index is -4.16. The van der Waals surface area contributed by atoms with Crippen molar-refractivity contribution in [1.82, 2.24) is 14.5 Å². The molecule has 1 heterocycles. The number of halogens is 2. The molecular weight excluding hydrogens is 361 g/mol. The lowest BCUT2D eigenvalue weighted by Crippen LogP contribution is -2.43. The van der Waals surface area contributed by atoms with E-state index in [9.17, 15) is 22.7 Å². The number of carboxylic acid groups (broad SMARTS) is 1. The first-order chi connectivity index (χ1) is 11.1. The van der Waals surface area contributed by atoms with Gasteiger partial charge < -0.3 is 5.11 Å². The maximum Gasteiger partial charge on any atom is 0.322 e. The van der Waals surface area contributed by atoms with Crippen LogP contribution in [0.15, 0.2) is 29.4 Å². The third-order valence-corrected chi connectivity index (χ3v) is 5.42. The number of rotatable bonds is 6. The topological polar surface area (TPSA) is 101 Å². The van der Waals surface area contributed by atoms with Crippen LogP contribution in [0.5, 0.6) is 0 Å². The molecule has 24 heavy (non-hydrogen) atoms. The number of aryl methyl sites for hydroxylation is 2. The van der Waals surface area contributed by atoms with Crippen molar-refractivity contribution in [1.29, 1.82) is 0 Å². The Bertz CT molecular complexity index is 842. The molecule has 0 amide bonds. The van der Waals surface area contributed by atoms with E-state index in [1.807, 2.05) is 0 Å². The third kappa shape index (κ3) is 3.74. The van der Waals surface area contributed by atoms with Gasteiger partial charge in [0.15, 0.2) is 5.03 Å². The summed E-state index contributed by atoms with van der Waals surface area (Å²) in [5, 5.41) is 13.0. The van der Waals surface area contributed by atoms with Crippen LogP contribution in [0.4, 0.5) is 4.39 Å². The number of hydrogen-bond donors (Lipinski definition) is 2. The third-order valence-electron chi connectivity index (χ3n) is 3.38. The van der Waals surface area contributed by atoms with Crippen LogP contribution in [0.25, 0.3) is 0 Å². The fourth-order valence-corrected chi connectivity index (χ4v) is 4.06. The number of aliphatic carboxylic acids is 1. The van der Waals surface area contributed by atoms with Crippen molar-refractivity contribution in [3.05, 3.63) is 46.4 Å². The molecule has 0 aliphatic rings. The van der Waals surface area contributed by atoms with E-state index in [0.29, 0.717) is 5.56 Å². The molecule has 7 nitrogen and oxygen atoms in total. The van der Waals surface area contributed by atoms with Crippen LogP contribution < -0.4 is 4.72 Å². The predicted octanol–water partition coefficient (Wildman–Crippen LogP) is 1.50. The Labute approximate surface area is 143 Å². The average molecular weight is 376 g/mol. The number of aromatic nitrogens is 2. The average Bonchev–Trinajstić information content (AvgIpc) is 2.81. The van der Waals surface area contributed by atoms with Crippen LogP contribution in [0.2, 0.25) is 5.02 Å². The van der Waals surface area contributed by atoms with Crippen LogP contribution in [-0.2, 0) is 28.3 Å². The lowest BCUT2D eigenvalue weighted by atomic mass is 10.1. The van der Waals surface area contributed by atoms with Crippen molar-refractivity contribution < 1.29 is 22.7 Å². The molecule has 1 aromatic heterocycles. The highest BCUT2D eigenvalue weighted by Gasteiger charge is 2.30. The largest absolute Gasteiger partial charge is 0.480 e. The number of nitrogens with zero attached hydrogens (tertiary/aromatic N) is 2. The van der Waals surface area contributed by atoms with Gasteiger partial charge in [0.1, 0.15) is 11.9 Å². The summed E-state index contributed by atoms with van der Waals surface area (Å²) in [6, 6.07) is 2.32. The SMILES string of the molecule is Cc1cnn(C)c1S(=O)(=O)NC(Cc1c(F)cccc1Cl)C(=O)O. The first-order valence-electron chi connectivity index (χ1n) is 6.80. The molecule has 10 heteroatoms. The standard InChI is InChI=1S/C14H15ClFN3O4S/c1-8-7-17-19(2)13(8)24(22,23)18-12(14(20)21)6-9-10(15)4-3-5-11(9)16/h3-5,7,12,18H,6H2,1-2H3,(H,20,21). The van der Waals surface area contributed by atoms with Crippen LogP contribution in [-0.4, -0.2) is 35.3 Å². The molecule has 0 saturated carbocycles. The molecule has 130 valence electrons. The Morgan fingerprint density at radius 1 is 1.50 bits per heavy atom. The quantitative estimate of drug-likeness (QED) is 0.796. The van der Waals surface area contributed by atoms with Crippen molar-refractivity contribution in [3.63, 3.8) is 0 Å². The van der Waals surface area contributed by atoms with E-state index in [1.54, 1.807) is 0 Å². The zero-order valence-electron chi connectivity index (χ0n) is 12.8. The Balaban J connectivity index is 2.35. The molecule has 0 bridgehead atoms. The number of carbonyl (C=O) groups is 1. The minimum Gasteiger partial charge on any atom is -0.480 e. The maximum absolute atomic E-state index is 13.8. The molecule has 1 atom stereocenters. The molecule has 0 radical (unpaired) electrons. The van der Waals surface area contributed by atoms with Gasteiger partial charge in [-0.3, -0.25) is 9.48 Å². The molecular formula is C14H15ClFN3O4S. The van der Waals surface area contributed by atoms with E-state index < -0.39 is 34.3 Å². The van der Waals surface area contributed by atoms with Gasteiger partial charge in [0, 0.05) is 29.6 Å². The molecule has 0 fully saturated rings. The Kier molecular flexibility index (Phi) is 5.26. The van der Waals surface area contributed by atoms with Crippen molar-refractivity contribution in [3.8, 4) is 0 Å². The van der Waals surface area contributed by atoms with Gasteiger partial charge in [0.2, 0.25) is 0 Å². The zero-order chi connectivity index (χ0) is 18.1. The monoisotopic (exact) mass is 375 g/mol. The summed E-state index contributed by atoms with van der Waals surface area (Å²) < 4.78 is 41.9. The fraction of sp³-hybridized carbons (Fsp3) is 0.286. The summed E-state index contributed by atoms with van der Waals surface area (Å²) in [4.78, 5) is 11.4. The van der Waals surface area contributed by atoms with Gasteiger partial charge in [-0.1, -0.05) is 17.7 Å². The van der Waals surface area contributed by atoms with Gasteiger partial charge in [0.25, 0.3) is 10.0 Å². The van der Waals surface area contributed by atoms with Crippen LogP contribution in [0, 0.1) is 12.7 Å². The highest BCUT2D eigenvalue weighted by molar-refractivity contribution is 7.89. The highest BCUT2D eigenvalue weighted by Crippen LogP contribution is 2.21. The van der Waals surface area contributed by atoms with Gasteiger partial charge in [0.05, 0.1) is 6.20 Å². The van der Waals surface area contributed by atoms with Crippen LogP contribution in [0.1, 0.15) is 11.1 Å². The molecule has 0 spiro atoms. The molecule has 1 unspecified atom stereocenters. The normalized spacial score (nSPS) is 13.0.